The number of nitrogens with one attached hydrogen (secondary N) is 3. The third kappa shape index (κ3) is 5.66. The van der Waals surface area contributed by atoms with Crippen molar-refractivity contribution < 1.29 is 14.3 Å². The third-order valence-corrected chi connectivity index (χ3v) is 6.56. The summed E-state index contributed by atoms with van der Waals surface area (Å²) < 4.78 is 5.57. The molecule has 3 N–H and O–H groups in total. The minimum Gasteiger partial charge on any atom is -0.444 e. The summed E-state index contributed by atoms with van der Waals surface area (Å²) in [6, 6.07) is 8.58. The first-order valence-corrected chi connectivity index (χ1v) is 11.6. The number of amides is 2. The number of rotatable bonds is 5. The van der Waals surface area contributed by atoms with Gasteiger partial charge < -0.3 is 20.3 Å². The Bertz CT molecular complexity index is 1140. The van der Waals surface area contributed by atoms with Crippen LogP contribution in [0, 0.1) is 11.3 Å². The van der Waals surface area contributed by atoms with E-state index in [1.807, 2.05) is 11.0 Å². The summed E-state index contributed by atoms with van der Waals surface area (Å²) in [4.78, 5) is 38.3. The Morgan fingerprint density at radius 2 is 1.79 bits per heavy atom. The highest BCUT2D eigenvalue weighted by molar-refractivity contribution is 6.33. The normalized spacial score (nSPS) is 22.0. The molecule has 178 valence electrons. The maximum Gasteiger partial charge on any atom is 0.407 e. The lowest BCUT2D eigenvalue weighted by Crippen LogP contribution is -2.44. The van der Waals surface area contributed by atoms with E-state index in [2.05, 4.69) is 20.8 Å². The summed E-state index contributed by atoms with van der Waals surface area (Å²) in [6.45, 7) is 1.04. The smallest absolute Gasteiger partial charge is 0.407 e. The largest absolute Gasteiger partial charge is 0.444 e. The number of nitriles is 1. The minimum atomic E-state index is -0.466. The van der Waals surface area contributed by atoms with Crippen molar-refractivity contribution in [2.24, 2.45) is 0 Å². The molecule has 11 heteroatoms. The first kappa shape index (κ1) is 23.6. The van der Waals surface area contributed by atoms with E-state index in [4.69, 9.17) is 21.6 Å². The van der Waals surface area contributed by atoms with Crippen molar-refractivity contribution >= 4 is 29.3 Å². The van der Waals surface area contributed by atoms with Crippen molar-refractivity contribution in [3.8, 4) is 6.07 Å². The Morgan fingerprint density at radius 1 is 1.12 bits per heavy atom. The molecule has 1 atom stereocenters. The minimum absolute atomic E-state index is 0.0144. The maximum atomic E-state index is 12.4. The SMILES string of the molecule is N#Cc1ccc(C(=O)N[C@H]2CC[C@H](NC(=O)O[C@@H]3CCN(c4cn[nH]c(=O)c4Cl)C3)CC2)cc1. The van der Waals surface area contributed by atoms with Crippen molar-refractivity contribution in [1.29, 1.82) is 5.26 Å². The number of carbonyl (C=O) groups excluding carboxylic acids is 2. The average molecular weight is 485 g/mol. The highest BCUT2D eigenvalue weighted by Gasteiger charge is 2.29. The second kappa shape index (κ2) is 10.6. The van der Waals surface area contributed by atoms with E-state index in [-0.39, 0.29) is 29.1 Å². The highest BCUT2D eigenvalue weighted by Crippen LogP contribution is 2.26. The van der Waals surface area contributed by atoms with Crippen LogP contribution in [0.25, 0.3) is 0 Å². The van der Waals surface area contributed by atoms with Crippen molar-refractivity contribution in [2.75, 3.05) is 18.0 Å². The van der Waals surface area contributed by atoms with Crippen molar-refractivity contribution in [2.45, 2.75) is 50.3 Å². The van der Waals surface area contributed by atoms with Crippen LogP contribution in [-0.4, -0.2) is 53.5 Å². The summed E-state index contributed by atoms with van der Waals surface area (Å²) >= 11 is 6.06. The van der Waals surface area contributed by atoms with E-state index >= 15 is 0 Å². The number of alkyl carbamates (subject to hydrolysis) is 1. The molecule has 1 saturated carbocycles. The van der Waals surface area contributed by atoms with Gasteiger partial charge in [0.2, 0.25) is 0 Å². The van der Waals surface area contributed by atoms with Crippen molar-refractivity contribution in [3.63, 3.8) is 0 Å². The molecule has 0 bridgehead atoms. The topological polar surface area (TPSA) is 140 Å². The molecule has 34 heavy (non-hydrogen) atoms. The monoisotopic (exact) mass is 484 g/mol. The van der Waals surface area contributed by atoms with Gasteiger partial charge in [-0.15, -0.1) is 0 Å². The number of aromatic nitrogens is 2. The number of nitrogens with zero attached hydrogens (tertiary/aromatic N) is 3. The van der Waals surface area contributed by atoms with Crippen molar-refractivity contribution in [3.05, 3.63) is 57.0 Å². The van der Waals surface area contributed by atoms with Crippen LogP contribution in [0.1, 0.15) is 48.0 Å². The van der Waals surface area contributed by atoms with Gasteiger partial charge in [0.15, 0.2) is 0 Å². The molecule has 4 rings (SSSR count). The van der Waals surface area contributed by atoms with Crippen LogP contribution in [-0.2, 0) is 4.74 Å². The number of aromatic amines is 1. The van der Waals surface area contributed by atoms with Crippen LogP contribution in [0.3, 0.4) is 0 Å². The lowest BCUT2D eigenvalue weighted by atomic mass is 9.91. The summed E-state index contributed by atoms with van der Waals surface area (Å²) in [6.07, 6.45) is 4.31. The molecule has 0 spiro atoms. The molecule has 1 aromatic carbocycles. The Labute approximate surface area is 201 Å². The Kier molecular flexibility index (Phi) is 7.33. The predicted octanol–water partition coefficient (Wildman–Crippen LogP) is 2.34. The maximum absolute atomic E-state index is 12.4. The number of hydrogen-bond acceptors (Lipinski definition) is 7. The average Bonchev–Trinajstić information content (AvgIpc) is 3.30. The van der Waals surface area contributed by atoms with Gasteiger partial charge in [-0.1, -0.05) is 11.6 Å². The zero-order valence-corrected chi connectivity index (χ0v) is 19.2. The molecule has 1 aliphatic carbocycles. The Hall–Kier alpha value is -3.58. The fourth-order valence-electron chi connectivity index (χ4n) is 4.34. The van der Waals surface area contributed by atoms with Crippen LogP contribution >= 0.6 is 11.6 Å². The first-order valence-electron chi connectivity index (χ1n) is 11.2. The quantitative estimate of drug-likeness (QED) is 0.591. The number of hydrogen-bond donors (Lipinski definition) is 3. The van der Waals surface area contributed by atoms with E-state index in [0.29, 0.717) is 36.3 Å². The summed E-state index contributed by atoms with van der Waals surface area (Å²) in [5, 5.41) is 20.9. The molecule has 2 aliphatic rings. The lowest BCUT2D eigenvalue weighted by molar-refractivity contribution is 0.0909. The zero-order chi connectivity index (χ0) is 24.1. The van der Waals surface area contributed by atoms with Gasteiger partial charge in [-0.3, -0.25) is 9.59 Å². The van der Waals surface area contributed by atoms with Gasteiger partial charge in [0.1, 0.15) is 11.1 Å². The van der Waals surface area contributed by atoms with Crippen LogP contribution in [0.4, 0.5) is 10.5 Å². The molecule has 10 nitrogen and oxygen atoms in total. The highest BCUT2D eigenvalue weighted by atomic mass is 35.5. The number of H-pyrrole nitrogens is 1. The zero-order valence-electron chi connectivity index (χ0n) is 18.4. The van der Waals surface area contributed by atoms with Crippen LogP contribution in [0.2, 0.25) is 5.02 Å². The second-order valence-corrected chi connectivity index (χ2v) is 8.89. The molecule has 2 amide bonds. The summed E-state index contributed by atoms with van der Waals surface area (Å²) in [5.41, 5.74) is 1.10. The molecular formula is C23H25ClN6O4. The summed E-state index contributed by atoms with van der Waals surface area (Å²) in [7, 11) is 0. The fraction of sp³-hybridized carbons (Fsp3) is 0.435. The number of halogens is 1. The van der Waals surface area contributed by atoms with Gasteiger partial charge in [-0.2, -0.15) is 10.4 Å². The predicted molar refractivity (Wildman–Crippen MR) is 125 cm³/mol. The van der Waals surface area contributed by atoms with E-state index in [1.54, 1.807) is 24.3 Å². The van der Waals surface area contributed by atoms with Crippen LogP contribution < -0.4 is 21.1 Å². The molecule has 1 aromatic heterocycles. The number of anilines is 1. The van der Waals surface area contributed by atoms with Gasteiger partial charge in [0.25, 0.3) is 11.5 Å². The third-order valence-electron chi connectivity index (χ3n) is 6.20. The molecule has 0 unspecified atom stereocenters. The van der Waals surface area contributed by atoms with Crippen LogP contribution in [0.15, 0.2) is 35.3 Å². The number of ether oxygens (including phenoxy) is 1. The van der Waals surface area contributed by atoms with E-state index in [1.165, 1.54) is 6.20 Å². The van der Waals surface area contributed by atoms with Gasteiger partial charge in [0.05, 0.1) is 30.1 Å². The second-order valence-electron chi connectivity index (χ2n) is 8.52. The van der Waals surface area contributed by atoms with Gasteiger partial charge in [0, 0.05) is 30.6 Å². The Morgan fingerprint density at radius 3 is 2.47 bits per heavy atom. The number of carbonyl (C=O) groups is 2. The molecule has 2 aromatic rings. The molecule has 1 aliphatic heterocycles. The fourth-order valence-corrected chi connectivity index (χ4v) is 4.55. The van der Waals surface area contributed by atoms with Crippen molar-refractivity contribution in [1.82, 2.24) is 20.8 Å². The summed E-state index contributed by atoms with van der Waals surface area (Å²) in [5.74, 6) is -0.165. The number of benzene rings is 1. The standard InChI is InChI=1S/C23H25ClN6O4/c24-20-19(12-26-29-22(20)32)30-10-9-18(13-30)34-23(33)28-17-7-5-16(6-8-17)27-21(31)15-3-1-14(11-25)2-4-15/h1-4,12,16-18H,5-10,13H2,(H,27,31)(H,28,33)(H,29,32)/t16-,17-,18-/m1/s1. The van der Waals surface area contributed by atoms with Gasteiger partial charge in [-0.25, -0.2) is 9.89 Å². The molecule has 2 fully saturated rings. The molecular weight excluding hydrogens is 460 g/mol. The van der Waals surface area contributed by atoms with Crippen LogP contribution in [0.5, 0.6) is 0 Å². The molecule has 0 radical (unpaired) electrons. The molecule has 1 saturated heterocycles. The van der Waals surface area contributed by atoms with E-state index in [0.717, 1.165) is 25.7 Å². The van der Waals surface area contributed by atoms with Gasteiger partial charge in [-0.05, 0) is 49.9 Å². The lowest BCUT2D eigenvalue weighted by Gasteiger charge is -2.29. The van der Waals surface area contributed by atoms with E-state index < -0.39 is 11.7 Å². The Balaban J connectivity index is 1.19. The molecule has 2 heterocycles. The first-order chi connectivity index (χ1) is 16.4. The van der Waals surface area contributed by atoms with Gasteiger partial charge >= 0.3 is 6.09 Å². The van der Waals surface area contributed by atoms with E-state index in [9.17, 15) is 14.4 Å².